The van der Waals surface area contributed by atoms with Crippen molar-refractivity contribution in [2.45, 2.75) is 32.7 Å². The summed E-state index contributed by atoms with van der Waals surface area (Å²) >= 11 is 0. The van der Waals surface area contributed by atoms with Gasteiger partial charge in [0.15, 0.2) is 0 Å². The number of primary amides is 1. The average Bonchev–Trinajstić information content (AvgIpc) is 2.93. The van der Waals surface area contributed by atoms with Gasteiger partial charge in [0.2, 0.25) is 5.91 Å². The molecule has 7 nitrogen and oxygen atoms in total. The van der Waals surface area contributed by atoms with Crippen molar-refractivity contribution in [2.75, 3.05) is 13.1 Å². The number of nitrogens with two attached hydrogens (primary N) is 1. The molecule has 1 aliphatic rings. The maximum absolute atomic E-state index is 12.8. The molecule has 1 fully saturated rings. The van der Waals surface area contributed by atoms with Crippen molar-refractivity contribution in [3.05, 3.63) is 47.0 Å². The van der Waals surface area contributed by atoms with Crippen molar-refractivity contribution in [2.24, 2.45) is 5.73 Å². The summed E-state index contributed by atoms with van der Waals surface area (Å²) in [7, 11) is 0. The first-order valence-corrected chi connectivity index (χ1v) is 8.04. The lowest BCUT2D eigenvalue weighted by atomic mass is 10.0. The van der Waals surface area contributed by atoms with Crippen LogP contribution in [0, 0.1) is 13.8 Å². The van der Waals surface area contributed by atoms with Crippen molar-refractivity contribution >= 4 is 11.8 Å². The molecule has 0 aliphatic carbocycles. The SMILES string of the molecule is Cc1nc(C)n([C@@H]2CCCN(C(=O)c3cccc(C(N)=O)c3)C2)n1. The molecule has 1 saturated heterocycles. The molecular weight excluding hydrogens is 306 g/mol. The van der Waals surface area contributed by atoms with Crippen LogP contribution in [0.25, 0.3) is 0 Å². The number of carbonyl (C=O) groups is 2. The zero-order valence-electron chi connectivity index (χ0n) is 13.9. The molecule has 1 aliphatic heterocycles. The van der Waals surface area contributed by atoms with Gasteiger partial charge in [-0.1, -0.05) is 6.07 Å². The number of amides is 2. The highest BCUT2D eigenvalue weighted by molar-refractivity contribution is 5.99. The van der Waals surface area contributed by atoms with E-state index in [9.17, 15) is 9.59 Å². The molecule has 0 radical (unpaired) electrons. The Morgan fingerprint density at radius 3 is 2.67 bits per heavy atom. The molecule has 2 amide bonds. The van der Waals surface area contributed by atoms with E-state index in [0.29, 0.717) is 24.2 Å². The fourth-order valence-corrected chi connectivity index (χ4v) is 3.21. The van der Waals surface area contributed by atoms with Gasteiger partial charge in [-0.3, -0.25) is 9.59 Å². The van der Waals surface area contributed by atoms with Crippen molar-refractivity contribution in [1.82, 2.24) is 19.7 Å². The van der Waals surface area contributed by atoms with Gasteiger partial charge in [-0.15, -0.1) is 0 Å². The average molecular weight is 327 g/mol. The summed E-state index contributed by atoms with van der Waals surface area (Å²) in [5.74, 6) is 0.986. The van der Waals surface area contributed by atoms with Crippen LogP contribution in [-0.2, 0) is 0 Å². The molecule has 0 bridgehead atoms. The number of likely N-dealkylation sites (tertiary alicyclic amines) is 1. The summed E-state index contributed by atoms with van der Waals surface area (Å²) < 4.78 is 1.91. The number of rotatable bonds is 3. The standard InChI is InChI=1S/C17H21N5O2/c1-11-19-12(2)22(20-11)15-7-4-8-21(10-15)17(24)14-6-3-5-13(9-14)16(18)23/h3,5-6,9,15H,4,7-8,10H2,1-2H3,(H2,18,23)/t15-/m1/s1. The molecular formula is C17H21N5O2. The van der Waals surface area contributed by atoms with Crippen LogP contribution in [0.2, 0.25) is 0 Å². The largest absolute Gasteiger partial charge is 0.366 e. The first-order valence-electron chi connectivity index (χ1n) is 8.04. The van der Waals surface area contributed by atoms with Crippen LogP contribution in [0.4, 0.5) is 0 Å². The van der Waals surface area contributed by atoms with Gasteiger partial charge in [0, 0.05) is 24.2 Å². The molecule has 0 unspecified atom stereocenters. The van der Waals surface area contributed by atoms with Gasteiger partial charge in [-0.05, 0) is 44.9 Å². The molecule has 3 rings (SSSR count). The van der Waals surface area contributed by atoms with Gasteiger partial charge >= 0.3 is 0 Å². The number of aryl methyl sites for hydroxylation is 2. The fraction of sp³-hybridized carbons (Fsp3) is 0.412. The maximum Gasteiger partial charge on any atom is 0.253 e. The number of piperidine rings is 1. The highest BCUT2D eigenvalue weighted by Crippen LogP contribution is 2.23. The summed E-state index contributed by atoms with van der Waals surface area (Å²) in [5.41, 5.74) is 6.13. The highest BCUT2D eigenvalue weighted by Gasteiger charge is 2.27. The monoisotopic (exact) mass is 327 g/mol. The predicted octanol–water partition coefficient (Wildman–Crippen LogP) is 1.47. The van der Waals surface area contributed by atoms with Crippen molar-refractivity contribution in [1.29, 1.82) is 0 Å². The minimum absolute atomic E-state index is 0.0858. The molecule has 0 saturated carbocycles. The molecule has 7 heteroatoms. The third-order valence-electron chi connectivity index (χ3n) is 4.33. The van der Waals surface area contributed by atoms with E-state index in [1.54, 1.807) is 24.3 Å². The summed E-state index contributed by atoms with van der Waals surface area (Å²) in [6.07, 6.45) is 1.87. The van der Waals surface area contributed by atoms with Gasteiger partial charge in [-0.2, -0.15) is 5.10 Å². The molecule has 126 valence electrons. The fourth-order valence-electron chi connectivity index (χ4n) is 3.21. The number of hydrogen-bond donors (Lipinski definition) is 1. The maximum atomic E-state index is 12.8. The third kappa shape index (κ3) is 3.15. The van der Waals surface area contributed by atoms with Crippen LogP contribution < -0.4 is 5.73 Å². The second kappa shape index (κ2) is 6.43. The smallest absolute Gasteiger partial charge is 0.253 e. The van der Waals surface area contributed by atoms with E-state index in [1.807, 2.05) is 23.4 Å². The Morgan fingerprint density at radius 2 is 2.00 bits per heavy atom. The number of carbonyl (C=O) groups excluding carboxylic acids is 2. The van der Waals surface area contributed by atoms with Gasteiger partial charge in [0.05, 0.1) is 6.04 Å². The van der Waals surface area contributed by atoms with E-state index in [2.05, 4.69) is 10.1 Å². The van der Waals surface area contributed by atoms with Crippen LogP contribution in [0.3, 0.4) is 0 Å². The van der Waals surface area contributed by atoms with Crippen LogP contribution in [0.5, 0.6) is 0 Å². The molecule has 1 aromatic carbocycles. The molecule has 2 heterocycles. The Hall–Kier alpha value is -2.70. The van der Waals surface area contributed by atoms with Gasteiger partial charge in [0.25, 0.3) is 5.91 Å². The third-order valence-corrected chi connectivity index (χ3v) is 4.33. The molecule has 24 heavy (non-hydrogen) atoms. The molecule has 2 aromatic rings. The minimum Gasteiger partial charge on any atom is -0.366 e. The number of hydrogen-bond acceptors (Lipinski definition) is 4. The van der Waals surface area contributed by atoms with E-state index in [4.69, 9.17) is 5.73 Å². The van der Waals surface area contributed by atoms with E-state index in [-0.39, 0.29) is 11.9 Å². The zero-order valence-corrected chi connectivity index (χ0v) is 13.9. The Morgan fingerprint density at radius 1 is 1.25 bits per heavy atom. The van der Waals surface area contributed by atoms with Gasteiger partial charge in [0.1, 0.15) is 11.6 Å². The second-order valence-electron chi connectivity index (χ2n) is 6.14. The Kier molecular flexibility index (Phi) is 4.33. The summed E-state index contributed by atoms with van der Waals surface area (Å²) in [6, 6.07) is 6.69. The zero-order chi connectivity index (χ0) is 17.3. The Balaban J connectivity index is 1.79. The van der Waals surface area contributed by atoms with Crippen LogP contribution in [0.1, 0.15) is 51.2 Å². The molecule has 1 aromatic heterocycles. The van der Waals surface area contributed by atoms with E-state index < -0.39 is 5.91 Å². The first kappa shape index (κ1) is 16.2. The highest BCUT2D eigenvalue weighted by atomic mass is 16.2. The number of nitrogens with zero attached hydrogens (tertiary/aromatic N) is 4. The topological polar surface area (TPSA) is 94.1 Å². The lowest BCUT2D eigenvalue weighted by Gasteiger charge is -2.33. The first-order chi connectivity index (χ1) is 11.5. The van der Waals surface area contributed by atoms with Crippen LogP contribution in [-0.4, -0.2) is 44.6 Å². The van der Waals surface area contributed by atoms with Crippen LogP contribution in [0.15, 0.2) is 24.3 Å². The summed E-state index contributed by atoms with van der Waals surface area (Å²) in [5, 5.41) is 4.44. The Labute approximate surface area is 140 Å². The lowest BCUT2D eigenvalue weighted by molar-refractivity contribution is 0.0671. The van der Waals surface area contributed by atoms with Gasteiger partial charge in [-0.25, -0.2) is 9.67 Å². The molecule has 1 atom stereocenters. The quantitative estimate of drug-likeness (QED) is 0.923. The second-order valence-corrected chi connectivity index (χ2v) is 6.14. The predicted molar refractivity (Wildman–Crippen MR) is 88.6 cm³/mol. The normalized spacial score (nSPS) is 17.8. The van der Waals surface area contributed by atoms with Crippen molar-refractivity contribution < 1.29 is 9.59 Å². The molecule has 0 spiro atoms. The van der Waals surface area contributed by atoms with Crippen molar-refractivity contribution in [3.8, 4) is 0 Å². The number of aromatic nitrogens is 3. The minimum atomic E-state index is -0.533. The molecule has 2 N–H and O–H groups in total. The summed E-state index contributed by atoms with van der Waals surface area (Å²) in [4.78, 5) is 30.2. The van der Waals surface area contributed by atoms with E-state index in [1.165, 1.54) is 0 Å². The Bertz CT molecular complexity index is 783. The lowest BCUT2D eigenvalue weighted by Crippen LogP contribution is -2.41. The number of benzene rings is 1. The van der Waals surface area contributed by atoms with Crippen molar-refractivity contribution in [3.63, 3.8) is 0 Å². The summed E-state index contributed by atoms with van der Waals surface area (Å²) in [6.45, 7) is 5.08. The van der Waals surface area contributed by atoms with Crippen LogP contribution >= 0.6 is 0 Å². The van der Waals surface area contributed by atoms with Gasteiger partial charge < -0.3 is 10.6 Å². The van der Waals surface area contributed by atoms with E-state index in [0.717, 1.165) is 24.5 Å². The van der Waals surface area contributed by atoms with E-state index >= 15 is 0 Å².